The van der Waals surface area contributed by atoms with E-state index in [1.807, 2.05) is 0 Å². The summed E-state index contributed by atoms with van der Waals surface area (Å²) >= 11 is 0. The third-order valence-corrected chi connectivity index (χ3v) is 7.23. The highest BCUT2D eigenvalue weighted by Crippen LogP contribution is 2.51. The minimum absolute atomic E-state index is 0.124. The van der Waals surface area contributed by atoms with Gasteiger partial charge >= 0.3 is 19.5 Å². The van der Waals surface area contributed by atoms with Gasteiger partial charge in [-0.3, -0.25) is 13.9 Å². The van der Waals surface area contributed by atoms with Gasteiger partial charge in [-0.15, -0.1) is 0 Å². The standard InChI is InChI=1S/C20H31N4O15P/c1-7(25)13(28)16-12(22-8(2)26)9(27)5-20(38-16,18(31)32)39-40(34,35)36-6-10-14(29)15(30)17(37-10)24-4-3-11(21)23-19(24)33/h3-4,7,9-10,12-17,25,27-30H,5-6H2,1-2H3,(H,22,26)(H,31,32)(H,34,35)(H2,21,23,33)/t7-,9-,10-,12-,13-,14+,15?,16?,17+,20-/m1/s1. The average Bonchev–Trinajstić information content (AvgIpc) is 3.11. The largest absolute Gasteiger partial charge is 0.477 e. The molecule has 3 rings (SSSR count). The number of aliphatic hydroxyl groups is 5. The van der Waals surface area contributed by atoms with Crippen molar-refractivity contribution in [2.24, 2.45) is 0 Å². The maximum atomic E-state index is 12.8. The Balaban J connectivity index is 1.77. The molecule has 2 saturated heterocycles. The number of hydrogen-bond acceptors (Lipinski definition) is 15. The molecule has 1 amide bonds. The lowest BCUT2D eigenvalue weighted by Gasteiger charge is -2.46. The number of nitrogens with zero attached hydrogens (tertiary/aromatic N) is 2. The Labute approximate surface area is 225 Å². The fourth-order valence-corrected chi connectivity index (χ4v) is 5.22. The van der Waals surface area contributed by atoms with Gasteiger partial charge in [0.1, 0.15) is 36.3 Å². The fraction of sp³-hybridized carbons (Fsp3) is 0.700. The maximum Gasteiger partial charge on any atom is 0.475 e. The Kier molecular flexibility index (Phi) is 9.70. The summed E-state index contributed by atoms with van der Waals surface area (Å²) in [4.78, 5) is 49.6. The smallest absolute Gasteiger partial charge is 0.475 e. The van der Waals surface area contributed by atoms with Crippen molar-refractivity contribution < 1.29 is 68.2 Å². The molecule has 3 heterocycles. The molecule has 2 fully saturated rings. The average molecular weight is 598 g/mol. The summed E-state index contributed by atoms with van der Waals surface area (Å²) < 4.78 is 33.8. The summed E-state index contributed by atoms with van der Waals surface area (Å²) in [5, 5.41) is 63.4. The van der Waals surface area contributed by atoms with E-state index >= 15 is 0 Å². The molecular weight excluding hydrogens is 567 g/mol. The zero-order valence-corrected chi connectivity index (χ0v) is 22.0. The van der Waals surface area contributed by atoms with E-state index in [2.05, 4.69) is 10.3 Å². The van der Waals surface area contributed by atoms with Gasteiger partial charge in [0.05, 0.1) is 24.9 Å². The molecule has 1 aromatic rings. The van der Waals surface area contributed by atoms with Gasteiger partial charge in [0.2, 0.25) is 5.91 Å². The molecule has 40 heavy (non-hydrogen) atoms. The molecule has 19 nitrogen and oxygen atoms in total. The number of nitrogens with two attached hydrogens (primary N) is 1. The van der Waals surface area contributed by atoms with Crippen LogP contribution in [0.2, 0.25) is 0 Å². The highest BCUT2D eigenvalue weighted by molar-refractivity contribution is 7.47. The Bertz CT molecular complexity index is 1200. The number of phosphoric ester groups is 1. The Morgan fingerprint density at radius 2 is 1.98 bits per heavy atom. The monoisotopic (exact) mass is 598 g/mol. The molecule has 0 spiro atoms. The van der Waals surface area contributed by atoms with Crippen molar-refractivity contribution in [3.8, 4) is 0 Å². The van der Waals surface area contributed by atoms with E-state index in [1.54, 1.807) is 0 Å². The number of aromatic nitrogens is 2. The molecule has 0 aromatic carbocycles. The maximum absolute atomic E-state index is 12.8. The van der Waals surface area contributed by atoms with Crippen molar-refractivity contribution >= 4 is 25.5 Å². The van der Waals surface area contributed by atoms with Crippen LogP contribution >= 0.6 is 7.82 Å². The normalized spacial score (nSPS) is 35.5. The molecule has 2 aliphatic rings. The summed E-state index contributed by atoms with van der Waals surface area (Å²) in [5.74, 6) is -5.99. The lowest BCUT2D eigenvalue weighted by Crippen LogP contribution is -2.67. The molecule has 20 heteroatoms. The van der Waals surface area contributed by atoms with Crippen LogP contribution in [0.15, 0.2) is 17.1 Å². The van der Waals surface area contributed by atoms with E-state index in [1.165, 1.54) is 6.07 Å². The quantitative estimate of drug-likeness (QED) is 0.115. The van der Waals surface area contributed by atoms with Crippen LogP contribution in [0.25, 0.3) is 0 Å². The number of aliphatic hydroxyl groups excluding tert-OH is 5. The number of carboxylic acids is 1. The predicted molar refractivity (Wildman–Crippen MR) is 127 cm³/mol. The van der Waals surface area contributed by atoms with Crippen molar-refractivity contribution in [2.75, 3.05) is 12.3 Å². The van der Waals surface area contributed by atoms with Crippen LogP contribution in [-0.4, -0.2) is 118 Å². The highest BCUT2D eigenvalue weighted by atomic mass is 31.2. The lowest BCUT2D eigenvalue weighted by molar-refractivity contribution is -0.287. The second kappa shape index (κ2) is 12.1. The first kappa shape index (κ1) is 32.0. The first-order valence-electron chi connectivity index (χ1n) is 11.7. The minimum Gasteiger partial charge on any atom is -0.477 e. The van der Waals surface area contributed by atoms with Crippen LogP contribution < -0.4 is 16.7 Å². The number of nitrogen functional groups attached to an aromatic ring is 1. The number of ether oxygens (including phenoxy) is 2. The Morgan fingerprint density at radius 3 is 2.52 bits per heavy atom. The summed E-state index contributed by atoms with van der Waals surface area (Å²) in [6, 6.07) is -0.241. The second-order valence-electron chi connectivity index (χ2n) is 9.31. The predicted octanol–water partition coefficient (Wildman–Crippen LogP) is -4.24. The van der Waals surface area contributed by atoms with Crippen molar-refractivity contribution in [3.63, 3.8) is 0 Å². The van der Waals surface area contributed by atoms with Crippen molar-refractivity contribution in [1.29, 1.82) is 0 Å². The number of carbonyl (C=O) groups excluding carboxylic acids is 1. The van der Waals surface area contributed by atoms with Crippen molar-refractivity contribution in [3.05, 3.63) is 22.7 Å². The third-order valence-electron chi connectivity index (χ3n) is 6.23. The summed E-state index contributed by atoms with van der Waals surface area (Å²) in [6.07, 6.45) is -13.6. The zero-order chi connectivity index (χ0) is 30.2. The highest BCUT2D eigenvalue weighted by Gasteiger charge is 2.58. The molecule has 11 atom stereocenters. The molecule has 0 bridgehead atoms. The van der Waals surface area contributed by atoms with E-state index in [4.69, 9.17) is 24.3 Å². The van der Waals surface area contributed by atoms with Crippen molar-refractivity contribution in [2.45, 2.75) is 81.1 Å². The van der Waals surface area contributed by atoms with Crippen LogP contribution in [0.4, 0.5) is 5.82 Å². The van der Waals surface area contributed by atoms with Gasteiger partial charge in [-0.25, -0.2) is 18.7 Å². The third kappa shape index (κ3) is 6.84. The van der Waals surface area contributed by atoms with Gasteiger partial charge in [-0.2, -0.15) is 4.98 Å². The Hall–Kier alpha value is -2.55. The molecule has 2 aliphatic heterocycles. The number of phosphoric acid groups is 1. The fourth-order valence-electron chi connectivity index (χ4n) is 4.26. The van der Waals surface area contributed by atoms with Crippen LogP contribution in [-0.2, 0) is 32.7 Å². The van der Waals surface area contributed by atoms with E-state index in [0.29, 0.717) is 0 Å². The topological polar surface area (TPSA) is 303 Å². The van der Waals surface area contributed by atoms with Crippen LogP contribution in [0.3, 0.4) is 0 Å². The van der Waals surface area contributed by atoms with Crippen molar-refractivity contribution in [1.82, 2.24) is 14.9 Å². The minimum atomic E-state index is -5.46. The number of hydrogen-bond donors (Lipinski definition) is 9. The van der Waals surface area contributed by atoms with Gasteiger partial charge < -0.3 is 56.1 Å². The lowest BCUT2D eigenvalue weighted by atomic mass is 9.89. The van der Waals surface area contributed by atoms with Crippen LogP contribution in [0, 0.1) is 0 Å². The van der Waals surface area contributed by atoms with Crippen LogP contribution in [0.1, 0.15) is 26.5 Å². The number of carbonyl (C=O) groups is 2. The molecule has 3 unspecified atom stereocenters. The van der Waals surface area contributed by atoms with Gasteiger partial charge in [0, 0.05) is 19.5 Å². The number of anilines is 1. The van der Waals surface area contributed by atoms with Gasteiger partial charge in [0.25, 0.3) is 5.79 Å². The molecule has 1 aromatic heterocycles. The molecule has 10 N–H and O–H groups in total. The number of nitrogens with one attached hydrogen (secondary N) is 1. The summed E-state index contributed by atoms with van der Waals surface area (Å²) in [6.45, 7) is 1.18. The first-order chi connectivity index (χ1) is 18.5. The summed E-state index contributed by atoms with van der Waals surface area (Å²) in [7, 11) is -5.46. The van der Waals surface area contributed by atoms with Gasteiger partial charge in [-0.05, 0) is 13.0 Å². The second-order valence-corrected chi connectivity index (χ2v) is 10.7. The Morgan fingerprint density at radius 1 is 1.32 bits per heavy atom. The molecule has 0 saturated carbocycles. The number of rotatable bonds is 10. The number of carboxylic acid groups (broad SMARTS) is 1. The van der Waals surface area contributed by atoms with E-state index in [0.717, 1.165) is 24.6 Å². The first-order valence-corrected chi connectivity index (χ1v) is 13.2. The number of aliphatic carboxylic acids is 1. The zero-order valence-electron chi connectivity index (χ0n) is 21.1. The van der Waals surface area contributed by atoms with Gasteiger partial charge in [0.15, 0.2) is 6.23 Å². The SMILES string of the molecule is CC(=O)N[C@H]1C([C@H](O)[C@@H](C)O)O[C@](OP(=O)(O)OC[C@H]2O[C@H](n3ccc(N)nc3=O)C(O)[C@H]2O)(C(=O)O)C[C@H]1O. The summed E-state index contributed by atoms with van der Waals surface area (Å²) in [5.41, 5.74) is 4.48. The van der Waals surface area contributed by atoms with Gasteiger partial charge in [-0.1, -0.05) is 0 Å². The van der Waals surface area contributed by atoms with E-state index < -0.39 is 99.2 Å². The molecule has 0 aliphatic carbocycles. The van der Waals surface area contributed by atoms with E-state index in [9.17, 15) is 54.5 Å². The molecule has 0 radical (unpaired) electrons. The van der Waals surface area contributed by atoms with Crippen LogP contribution in [0.5, 0.6) is 0 Å². The molecule has 226 valence electrons. The molecular formula is C20H31N4O15P. The number of amides is 1. The van der Waals surface area contributed by atoms with E-state index in [-0.39, 0.29) is 5.82 Å².